The highest BCUT2D eigenvalue weighted by molar-refractivity contribution is 6.03. The summed E-state index contributed by atoms with van der Waals surface area (Å²) >= 11 is 0. The van der Waals surface area contributed by atoms with Gasteiger partial charge in [-0.1, -0.05) is 42.5 Å². The van der Waals surface area contributed by atoms with Gasteiger partial charge < -0.3 is 14.0 Å². The van der Waals surface area contributed by atoms with Gasteiger partial charge in [-0.25, -0.2) is 5.43 Å². The monoisotopic (exact) mass is 441 g/mol. The number of pyridine rings is 1. The topological polar surface area (TPSA) is 81.9 Å². The molecule has 0 spiro atoms. The van der Waals surface area contributed by atoms with E-state index in [1.165, 1.54) is 16.8 Å². The molecule has 7 heteroatoms. The van der Waals surface area contributed by atoms with Crippen LogP contribution in [0.5, 0.6) is 11.5 Å². The molecule has 0 radical (unpaired) electrons. The van der Waals surface area contributed by atoms with E-state index in [9.17, 15) is 9.59 Å². The normalized spacial score (nSPS) is 11.0. The Morgan fingerprint density at radius 3 is 2.52 bits per heavy atom. The predicted octanol–water partition coefficient (Wildman–Crippen LogP) is 3.83. The number of carbonyl (C=O) groups is 1. The summed E-state index contributed by atoms with van der Waals surface area (Å²) in [6.07, 6.45) is 3.17. The molecule has 0 bridgehead atoms. The molecule has 0 atom stereocenters. The highest BCUT2D eigenvalue weighted by Gasteiger charge is 2.12. The van der Waals surface area contributed by atoms with Crippen LogP contribution in [0.3, 0.4) is 0 Å². The van der Waals surface area contributed by atoms with Gasteiger partial charge in [0.05, 0.1) is 27.0 Å². The molecular formula is C26H23N3O4. The van der Waals surface area contributed by atoms with Crippen LogP contribution in [0.4, 0.5) is 0 Å². The van der Waals surface area contributed by atoms with Crippen molar-refractivity contribution < 1.29 is 14.3 Å². The smallest absolute Gasteiger partial charge is 0.276 e. The van der Waals surface area contributed by atoms with E-state index in [1.54, 1.807) is 26.5 Å². The molecule has 0 aliphatic carbocycles. The van der Waals surface area contributed by atoms with Crippen molar-refractivity contribution in [1.29, 1.82) is 0 Å². The predicted molar refractivity (Wildman–Crippen MR) is 128 cm³/mol. The molecule has 3 aromatic carbocycles. The first-order valence-electron chi connectivity index (χ1n) is 10.3. The second kappa shape index (κ2) is 9.82. The summed E-state index contributed by atoms with van der Waals surface area (Å²) in [5, 5.41) is 6.05. The number of hydrazone groups is 1. The van der Waals surface area contributed by atoms with Gasteiger partial charge in [0.1, 0.15) is 17.1 Å². The number of methoxy groups -OCH3 is 2. The zero-order valence-corrected chi connectivity index (χ0v) is 18.3. The number of rotatable bonds is 7. The Labute approximate surface area is 190 Å². The molecule has 0 saturated carbocycles. The number of hydrogen-bond donors (Lipinski definition) is 1. The van der Waals surface area contributed by atoms with Crippen LogP contribution in [0.2, 0.25) is 0 Å². The Balaban J connectivity index is 1.54. The minimum absolute atomic E-state index is 0.00745. The van der Waals surface area contributed by atoms with Gasteiger partial charge in [-0.05, 0) is 46.7 Å². The molecule has 0 fully saturated rings. The van der Waals surface area contributed by atoms with E-state index in [-0.39, 0.29) is 5.56 Å². The molecule has 1 heterocycles. The number of benzene rings is 3. The van der Waals surface area contributed by atoms with Crippen LogP contribution in [0.1, 0.15) is 21.5 Å². The molecule has 1 amide bonds. The van der Waals surface area contributed by atoms with E-state index in [2.05, 4.69) is 10.5 Å². The van der Waals surface area contributed by atoms with Crippen molar-refractivity contribution in [2.45, 2.75) is 6.54 Å². The molecule has 166 valence electrons. The maximum Gasteiger partial charge on any atom is 0.276 e. The molecule has 7 nitrogen and oxygen atoms in total. The third kappa shape index (κ3) is 4.77. The number of nitrogens with one attached hydrogen (secondary N) is 1. The van der Waals surface area contributed by atoms with Crippen molar-refractivity contribution >= 4 is 22.9 Å². The molecule has 1 N–H and O–H groups in total. The van der Waals surface area contributed by atoms with E-state index in [1.807, 2.05) is 60.7 Å². The summed E-state index contributed by atoms with van der Waals surface area (Å²) in [4.78, 5) is 25.5. The summed E-state index contributed by atoms with van der Waals surface area (Å²) in [5.74, 6) is 0.785. The summed E-state index contributed by atoms with van der Waals surface area (Å²) in [7, 11) is 3.18. The van der Waals surface area contributed by atoms with E-state index >= 15 is 0 Å². The lowest BCUT2D eigenvalue weighted by Crippen LogP contribution is -2.30. The fraction of sp³-hybridized carbons (Fsp3) is 0.115. The Kier molecular flexibility index (Phi) is 6.50. The van der Waals surface area contributed by atoms with Gasteiger partial charge in [-0.3, -0.25) is 9.59 Å². The van der Waals surface area contributed by atoms with Gasteiger partial charge >= 0.3 is 0 Å². The van der Waals surface area contributed by atoms with Crippen molar-refractivity contribution in [2.75, 3.05) is 14.2 Å². The quantitative estimate of drug-likeness (QED) is 0.349. The molecule has 4 aromatic rings. The van der Waals surface area contributed by atoms with E-state index in [0.29, 0.717) is 12.3 Å². The fourth-order valence-electron chi connectivity index (χ4n) is 3.56. The number of fused-ring (bicyclic) bond motifs is 1. The molecule has 33 heavy (non-hydrogen) atoms. The number of carbonyl (C=O) groups excluding carboxylic acids is 1. The Morgan fingerprint density at radius 2 is 1.76 bits per heavy atom. The average Bonchev–Trinajstić information content (AvgIpc) is 2.85. The lowest BCUT2D eigenvalue weighted by Gasteiger charge is -2.09. The second-order valence-corrected chi connectivity index (χ2v) is 7.30. The molecule has 0 aliphatic heterocycles. The van der Waals surface area contributed by atoms with Crippen LogP contribution < -0.4 is 20.5 Å². The van der Waals surface area contributed by atoms with Crippen LogP contribution in [0, 0.1) is 0 Å². The van der Waals surface area contributed by atoms with Crippen molar-refractivity contribution in [3.05, 3.63) is 106 Å². The van der Waals surface area contributed by atoms with Crippen LogP contribution in [0.15, 0.2) is 88.9 Å². The molecule has 0 unspecified atom stereocenters. The number of amides is 1. The number of ether oxygens (including phenoxy) is 2. The van der Waals surface area contributed by atoms with Crippen molar-refractivity contribution in [1.82, 2.24) is 9.99 Å². The number of nitrogens with zero attached hydrogens (tertiary/aromatic N) is 2. The maximum atomic E-state index is 12.9. The van der Waals surface area contributed by atoms with Gasteiger partial charge in [0.25, 0.3) is 11.5 Å². The summed E-state index contributed by atoms with van der Waals surface area (Å²) in [5.41, 5.74) is 3.71. The van der Waals surface area contributed by atoms with Crippen molar-refractivity contribution in [2.24, 2.45) is 5.10 Å². The zero-order valence-electron chi connectivity index (χ0n) is 18.3. The van der Waals surface area contributed by atoms with Crippen LogP contribution in [-0.2, 0) is 6.54 Å². The second-order valence-electron chi connectivity index (χ2n) is 7.30. The third-order valence-electron chi connectivity index (χ3n) is 5.29. The van der Waals surface area contributed by atoms with Gasteiger partial charge in [0.15, 0.2) is 0 Å². The van der Waals surface area contributed by atoms with Gasteiger partial charge in [0.2, 0.25) is 0 Å². The standard InChI is InChI=1S/C26H23N3O4/c1-32-20-12-9-18(10-13-20)17-29-15-5-8-22(26(29)31)25(30)28-27-16-23-21-7-4-3-6-19(21)11-14-24(23)33-2/h3-16H,17H2,1-2H3,(H,28,30)/b27-16-. The van der Waals surface area contributed by atoms with Crippen LogP contribution in [-0.4, -0.2) is 30.9 Å². The van der Waals surface area contributed by atoms with Crippen LogP contribution in [0.25, 0.3) is 10.8 Å². The largest absolute Gasteiger partial charge is 0.497 e. The van der Waals surface area contributed by atoms with Gasteiger partial charge in [0, 0.05) is 11.8 Å². The molecule has 4 rings (SSSR count). The highest BCUT2D eigenvalue weighted by Crippen LogP contribution is 2.26. The van der Waals surface area contributed by atoms with E-state index in [0.717, 1.165) is 27.6 Å². The minimum atomic E-state index is -0.584. The Hall–Kier alpha value is -4.39. The SMILES string of the molecule is COc1ccc(Cn2cccc(C(=O)N/N=C\c3c(OC)ccc4ccccc34)c2=O)cc1. The Bertz CT molecular complexity index is 1370. The lowest BCUT2D eigenvalue weighted by molar-refractivity contribution is 0.0953. The highest BCUT2D eigenvalue weighted by atomic mass is 16.5. The molecule has 0 aliphatic rings. The Morgan fingerprint density at radius 1 is 0.970 bits per heavy atom. The van der Waals surface area contributed by atoms with Gasteiger partial charge in [-0.2, -0.15) is 5.10 Å². The zero-order chi connectivity index (χ0) is 23.2. The van der Waals surface area contributed by atoms with E-state index < -0.39 is 11.5 Å². The maximum absolute atomic E-state index is 12.9. The van der Waals surface area contributed by atoms with Gasteiger partial charge in [-0.15, -0.1) is 0 Å². The first kappa shape index (κ1) is 21.8. The summed E-state index contributed by atoms with van der Waals surface area (Å²) in [6.45, 7) is 0.334. The van der Waals surface area contributed by atoms with Crippen LogP contribution >= 0.6 is 0 Å². The number of hydrogen-bond acceptors (Lipinski definition) is 5. The summed E-state index contributed by atoms with van der Waals surface area (Å²) in [6, 6.07) is 22.2. The average molecular weight is 441 g/mol. The molecule has 1 aromatic heterocycles. The number of aromatic nitrogens is 1. The molecule has 0 saturated heterocycles. The van der Waals surface area contributed by atoms with E-state index in [4.69, 9.17) is 9.47 Å². The third-order valence-corrected chi connectivity index (χ3v) is 5.29. The lowest BCUT2D eigenvalue weighted by atomic mass is 10.0. The fourth-order valence-corrected chi connectivity index (χ4v) is 3.56. The molecular weight excluding hydrogens is 418 g/mol. The van der Waals surface area contributed by atoms with Crippen molar-refractivity contribution in [3.8, 4) is 11.5 Å². The van der Waals surface area contributed by atoms with Crippen molar-refractivity contribution in [3.63, 3.8) is 0 Å². The minimum Gasteiger partial charge on any atom is -0.497 e. The first-order chi connectivity index (χ1) is 16.1. The summed E-state index contributed by atoms with van der Waals surface area (Å²) < 4.78 is 12.1. The first-order valence-corrected chi connectivity index (χ1v) is 10.3.